The molecule has 0 amide bonds. The quantitative estimate of drug-likeness (QED) is 0.847. The molecule has 0 saturated heterocycles. The molecule has 2 N–H and O–H groups in total. The van der Waals surface area contributed by atoms with Crippen LogP contribution in [-0.2, 0) is 0 Å². The summed E-state index contributed by atoms with van der Waals surface area (Å²) >= 11 is 0. The van der Waals surface area contributed by atoms with Gasteiger partial charge < -0.3 is 5.32 Å². The number of aromatic nitrogens is 4. The average Bonchev–Trinajstić information content (AvgIpc) is 2.75. The van der Waals surface area contributed by atoms with Crippen molar-refractivity contribution in [2.24, 2.45) is 0 Å². The van der Waals surface area contributed by atoms with Gasteiger partial charge in [-0.2, -0.15) is 5.10 Å². The van der Waals surface area contributed by atoms with E-state index in [4.69, 9.17) is 0 Å². The second-order valence-electron chi connectivity index (χ2n) is 4.10. The van der Waals surface area contributed by atoms with Gasteiger partial charge in [-0.15, -0.1) is 0 Å². The van der Waals surface area contributed by atoms with Gasteiger partial charge in [0.1, 0.15) is 0 Å². The summed E-state index contributed by atoms with van der Waals surface area (Å²) in [6, 6.07) is 2.26. The van der Waals surface area contributed by atoms with E-state index in [0.717, 1.165) is 23.4 Å². The number of hydrogen-bond acceptors (Lipinski definition) is 4. The monoisotopic (exact) mass is 231 g/mol. The number of nitrogens with one attached hydrogen (secondary N) is 2. The van der Waals surface area contributed by atoms with Crippen LogP contribution in [0.4, 0.5) is 5.95 Å². The van der Waals surface area contributed by atoms with Crippen molar-refractivity contribution in [3.8, 4) is 11.3 Å². The Morgan fingerprint density at radius 3 is 2.94 bits per heavy atom. The van der Waals surface area contributed by atoms with E-state index in [1.54, 1.807) is 6.20 Å². The first-order valence-electron chi connectivity index (χ1n) is 5.81. The summed E-state index contributed by atoms with van der Waals surface area (Å²) in [6.45, 7) is 6.19. The summed E-state index contributed by atoms with van der Waals surface area (Å²) < 4.78 is 0. The molecule has 1 atom stereocenters. The first-order valence-corrected chi connectivity index (χ1v) is 5.81. The summed E-state index contributed by atoms with van der Waals surface area (Å²) in [7, 11) is 0. The van der Waals surface area contributed by atoms with Crippen LogP contribution < -0.4 is 5.32 Å². The molecule has 0 bridgehead atoms. The number of nitrogens with zero attached hydrogens (tertiary/aromatic N) is 3. The molecule has 2 aromatic rings. The lowest BCUT2D eigenvalue weighted by atomic mass is 10.2. The van der Waals surface area contributed by atoms with Gasteiger partial charge in [0.15, 0.2) is 0 Å². The summed E-state index contributed by atoms with van der Waals surface area (Å²) in [5.74, 6) is 0.664. The van der Waals surface area contributed by atoms with Gasteiger partial charge in [-0.25, -0.2) is 9.97 Å². The van der Waals surface area contributed by atoms with Crippen molar-refractivity contribution in [2.45, 2.75) is 33.2 Å². The van der Waals surface area contributed by atoms with E-state index < -0.39 is 0 Å². The van der Waals surface area contributed by atoms with Gasteiger partial charge in [0.25, 0.3) is 0 Å². The van der Waals surface area contributed by atoms with E-state index in [1.165, 1.54) is 0 Å². The van der Waals surface area contributed by atoms with Crippen LogP contribution in [0.5, 0.6) is 0 Å². The Hall–Kier alpha value is -1.91. The number of rotatable bonds is 4. The highest BCUT2D eigenvalue weighted by atomic mass is 15.1. The molecule has 90 valence electrons. The second-order valence-corrected chi connectivity index (χ2v) is 4.10. The summed E-state index contributed by atoms with van der Waals surface area (Å²) in [6.07, 6.45) is 4.66. The maximum absolute atomic E-state index is 4.48. The normalized spacial score (nSPS) is 12.4. The van der Waals surface area contributed by atoms with Crippen molar-refractivity contribution in [1.29, 1.82) is 0 Å². The molecule has 2 aromatic heterocycles. The summed E-state index contributed by atoms with van der Waals surface area (Å²) in [4.78, 5) is 8.70. The van der Waals surface area contributed by atoms with Crippen molar-refractivity contribution >= 4 is 5.95 Å². The van der Waals surface area contributed by atoms with Crippen molar-refractivity contribution in [3.63, 3.8) is 0 Å². The topological polar surface area (TPSA) is 66.5 Å². The molecule has 0 fully saturated rings. The van der Waals surface area contributed by atoms with Gasteiger partial charge in [-0.1, -0.05) is 6.92 Å². The smallest absolute Gasteiger partial charge is 0.223 e. The van der Waals surface area contributed by atoms with E-state index >= 15 is 0 Å². The minimum absolute atomic E-state index is 0.371. The molecule has 2 heterocycles. The van der Waals surface area contributed by atoms with Crippen molar-refractivity contribution in [2.75, 3.05) is 5.32 Å². The fraction of sp³-hybridized carbons (Fsp3) is 0.417. The Bertz CT molecular complexity index is 491. The highest BCUT2D eigenvalue weighted by Crippen LogP contribution is 2.19. The molecule has 17 heavy (non-hydrogen) atoms. The second kappa shape index (κ2) is 4.95. The Kier molecular flexibility index (Phi) is 3.37. The Balaban J connectivity index is 2.26. The zero-order valence-electron chi connectivity index (χ0n) is 10.4. The minimum atomic E-state index is 0.371. The number of aryl methyl sites for hydroxylation is 1. The first-order chi connectivity index (χ1) is 8.20. The number of H-pyrrole nitrogens is 1. The van der Waals surface area contributed by atoms with Crippen LogP contribution in [0.2, 0.25) is 0 Å². The fourth-order valence-corrected chi connectivity index (χ4v) is 1.52. The third-order valence-electron chi connectivity index (χ3n) is 2.75. The van der Waals surface area contributed by atoms with E-state index in [1.807, 2.05) is 19.2 Å². The largest absolute Gasteiger partial charge is 0.352 e. The summed E-state index contributed by atoms with van der Waals surface area (Å²) in [5.41, 5.74) is 2.84. The van der Waals surface area contributed by atoms with Gasteiger partial charge in [0.05, 0.1) is 11.4 Å². The van der Waals surface area contributed by atoms with Crippen LogP contribution in [0, 0.1) is 6.92 Å². The van der Waals surface area contributed by atoms with Gasteiger partial charge in [-0.3, -0.25) is 5.10 Å². The standard InChI is InChI=1S/C12H17N5/c1-4-8(2)15-12-13-6-5-11(16-12)10-7-14-17-9(10)3/h5-8H,4H2,1-3H3,(H,14,17)(H,13,15,16). The molecule has 0 aliphatic rings. The van der Waals surface area contributed by atoms with E-state index in [9.17, 15) is 0 Å². The van der Waals surface area contributed by atoms with Crippen molar-refractivity contribution in [3.05, 3.63) is 24.2 Å². The zero-order chi connectivity index (χ0) is 12.3. The lowest BCUT2D eigenvalue weighted by Crippen LogP contribution is -2.15. The van der Waals surface area contributed by atoms with E-state index in [0.29, 0.717) is 12.0 Å². The minimum Gasteiger partial charge on any atom is -0.352 e. The fourth-order valence-electron chi connectivity index (χ4n) is 1.52. The summed E-state index contributed by atoms with van der Waals surface area (Å²) in [5, 5.41) is 10.2. The van der Waals surface area contributed by atoms with Crippen molar-refractivity contribution in [1.82, 2.24) is 20.2 Å². The highest BCUT2D eigenvalue weighted by molar-refractivity contribution is 5.61. The molecular weight excluding hydrogens is 214 g/mol. The molecule has 1 unspecified atom stereocenters. The number of hydrogen-bond donors (Lipinski definition) is 2. The van der Waals surface area contributed by atoms with Gasteiger partial charge in [-0.05, 0) is 26.3 Å². The van der Waals surface area contributed by atoms with Gasteiger partial charge in [0, 0.05) is 24.0 Å². The lowest BCUT2D eigenvalue weighted by molar-refractivity contribution is 0.753. The van der Waals surface area contributed by atoms with Crippen LogP contribution in [0.1, 0.15) is 26.0 Å². The molecule has 0 aliphatic carbocycles. The average molecular weight is 231 g/mol. The molecule has 0 spiro atoms. The van der Waals surface area contributed by atoms with E-state index in [2.05, 4.69) is 39.3 Å². The number of aromatic amines is 1. The molecule has 0 radical (unpaired) electrons. The first kappa shape index (κ1) is 11.6. The Labute approximate surface area is 101 Å². The molecule has 0 aliphatic heterocycles. The lowest BCUT2D eigenvalue weighted by Gasteiger charge is -2.11. The zero-order valence-corrected chi connectivity index (χ0v) is 10.4. The van der Waals surface area contributed by atoms with Gasteiger partial charge >= 0.3 is 0 Å². The molecule has 0 saturated carbocycles. The SMILES string of the molecule is CCC(C)Nc1nccc(-c2c[nH]nc2C)n1. The van der Waals surface area contributed by atoms with Crippen LogP contribution in [0.15, 0.2) is 18.5 Å². The maximum Gasteiger partial charge on any atom is 0.223 e. The Morgan fingerprint density at radius 1 is 1.47 bits per heavy atom. The molecule has 5 nitrogen and oxygen atoms in total. The third kappa shape index (κ3) is 2.61. The third-order valence-corrected chi connectivity index (χ3v) is 2.75. The Morgan fingerprint density at radius 2 is 2.29 bits per heavy atom. The van der Waals surface area contributed by atoms with Crippen LogP contribution in [0.25, 0.3) is 11.3 Å². The van der Waals surface area contributed by atoms with Gasteiger partial charge in [0.2, 0.25) is 5.95 Å². The van der Waals surface area contributed by atoms with E-state index in [-0.39, 0.29) is 0 Å². The molecule has 2 rings (SSSR count). The van der Waals surface area contributed by atoms with Crippen LogP contribution >= 0.6 is 0 Å². The van der Waals surface area contributed by atoms with Crippen molar-refractivity contribution < 1.29 is 0 Å². The highest BCUT2D eigenvalue weighted by Gasteiger charge is 2.07. The van der Waals surface area contributed by atoms with Crippen LogP contribution in [0.3, 0.4) is 0 Å². The maximum atomic E-state index is 4.48. The predicted molar refractivity (Wildman–Crippen MR) is 67.7 cm³/mol. The number of anilines is 1. The molecule has 5 heteroatoms. The molecule has 0 aromatic carbocycles. The predicted octanol–water partition coefficient (Wildman–Crippen LogP) is 2.39. The van der Waals surface area contributed by atoms with Crippen LogP contribution in [-0.4, -0.2) is 26.2 Å². The molecular formula is C12H17N5.